The van der Waals surface area contributed by atoms with Crippen molar-refractivity contribution in [3.05, 3.63) is 54.0 Å². The maximum Gasteiger partial charge on any atom is 0.285 e. The van der Waals surface area contributed by atoms with E-state index < -0.39 is 11.5 Å². The Morgan fingerprint density at radius 2 is 2.09 bits per heavy atom. The third-order valence-corrected chi connectivity index (χ3v) is 6.51. The zero-order valence-electron chi connectivity index (χ0n) is 17.9. The van der Waals surface area contributed by atoms with Crippen LogP contribution in [0.4, 0.5) is 0 Å². The quantitative estimate of drug-likeness (QED) is 0.609. The lowest BCUT2D eigenvalue weighted by molar-refractivity contribution is -0.141. The van der Waals surface area contributed by atoms with Gasteiger partial charge < -0.3 is 20.5 Å². The van der Waals surface area contributed by atoms with Gasteiger partial charge in [-0.25, -0.2) is 4.98 Å². The fourth-order valence-electron chi connectivity index (χ4n) is 4.84. The van der Waals surface area contributed by atoms with Crippen LogP contribution in [-0.2, 0) is 4.79 Å². The number of fused-ring (bicyclic) bond motifs is 2. The standard InChI is InChI=1S/C24H22N4O4/c1-13-18-20(13)27(2)23(30)24(18,31)9-7-14-5-4-6-15(11-14)19-17-12-16(32-3)8-10-28(17)22(26-19)21(25)29/h4-6,8,10-13,18,20,31H,1-3H3,(H2,25,29)/t13-,18+,20-,24+/m1/s1. The predicted octanol–water partition coefficient (Wildman–Crippen LogP) is 1.30. The van der Waals surface area contributed by atoms with Crippen molar-refractivity contribution < 1.29 is 19.4 Å². The second-order valence-electron chi connectivity index (χ2n) is 8.36. The Labute approximate surface area is 184 Å². The molecule has 1 saturated carbocycles. The minimum Gasteiger partial charge on any atom is -0.497 e. The molecule has 162 valence electrons. The molecule has 3 aromatic rings. The highest BCUT2D eigenvalue weighted by Gasteiger charge is 2.70. The Bertz CT molecular complexity index is 1350. The number of carbonyl (C=O) groups excluding carboxylic acids is 2. The topological polar surface area (TPSA) is 110 Å². The molecule has 0 spiro atoms. The van der Waals surface area contributed by atoms with Crippen LogP contribution in [0.15, 0.2) is 42.6 Å². The molecule has 32 heavy (non-hydrogen) atoms. The molecule has 8 heteroatoms. The summed E-state index contributed by atoms with van der Waals surface area (Å²) in [5.74, 6) is 5.58. The molecule has 1 aliphatic heterocycles. The van der Waals surface area contributed by atoms with Crippen molar-refractivity contribution in [1.82, 2.24) is 14.3 Å². The first-order valence-corrected chi connectivity index (χ1v) is 10.3. The normalized spacial score (nSPS) is 25.9. The van der Waals surface area contributed by atoms with Gasteiger partial charge in [0, 0.05) is 42.4 Å². The van der Waals surface area contributed by atoms with Crippen LogP contribution in [0.25, 0.3) is 16.8 Å². The third-order valence-electron chi connectivity index (χ3n) is 6.51. The molecule has 2 aliphatic rings. The molecule has 0 unspecified atom stereocenters. The van der Waals surface area contributed by atoms with Crippen LogP contribution in [-0.4, -0.2) is 57.0 Å². The highest BCUT2D eigenvalue weighted by atomic mass is 16.5. The van der Waals surface area contributed by atoms with E-state index in [-0.39, 0.29) is 29.6 Å². The van der Waals surface area contributed by atoms with E-state index in [1.165, 1.54) is 0 Å². The third kappa shape index (κ3) is 2.78. The highest BCUT2D eigenvalue weighted by molar-refractivity contribution is 5.94. The lowest BCUT2D eigenvalue weighted by Crippen LogP contribution is -2.43. The van der Waals surface area contributed by atoms with E-state index in [4.69, 9.17) is 10.5 Å². The number of nitrogens with two attached hydrogens (primary N) is 1. The first-order chi connectivity index (χ1) is 15.3. The van der Waals surface area contributed by atoms with Gasteiger partial charge in [-0.1, -0.05) is 30.9 Å². The molecule has 4 atom stereocenters. The second-order valence-corrected chi connectivity index (χ2v) is 8.36. The van der Waals surface area contributed by atoms with Gasteiger partial charge in [-0.3, -0.25) is 14.0 Å². The average molecular weight is 430 g/mol. The van der Waals surface area contributed by atoms with Crippen LogP contribution in [0.2, 0.25) is 0 Å². The second kappa shape index (κ2) is 6.84. The summed E-state index contributed by atoms with van der Waals surface area (Å²) in [6.07, 6.45) is 1.68. The molecule has 5 rings (SSSR count). The van der Waals surface area contributed by atoms with Crippen molar-refractivity contribution in [2.45, 2.75) is 18.6 Å². The first-order valence-electron chi connectivity index (χ1n) is 10.3. The number of nitrogens with zero attached hydrogens (tertiary/aromatic N) is 3. The Morgan fingerprint density at radius 1 is 1.31 bits per heavy atom. The number of piperidine rings is 1. The van der Waals surface area contributed by atoms with Crippen LogP contribution >= 0.6 is 0 Å². The lowest BCUT2D eigenvalue weighted by Gasteiger charge is -2.21. The highest BCUT2D eigenvalue weighted by Crippen LogP contribution is 2.55. The van der Waals surface area contributed by atoms with Crippen LogP contribution in [0.3, 0.4) is 0 Å². The molecular weight excluding hydrogens is 408 g/mol. The number of aromatic nitrogens is 2. The summed E-state index contributed by atoms with van der Waals surface area (Å²) in [6, 6.07) is 10.8. The van der Waals surface area contributed by atoms with E-state index in [1.807, 2.05) is 19.1 Å². The molecule has 1 aromatic carbocycles. The van der Waals surface area contributed by atoms with Gasteiger partial charge in [0.15, 0.2) is 0 Å². The van der Waals surface area contributed by atoms with E-state index in [1.54, 1.807) is 53.9 Å². The van der Waals surface area contributed by atoms with Crippen molar-refractivity contribution in [1.29, 1.82) is 0 Å². The van der Waals surface area contributed by atoms with Gasteiger partial charge in [0.25, 0.3) is 11.8 Å². The summed E-state index contributed by atoms with van der Waals surface area (Å²) in [7, 11) is 3.27. The number of carbonyl (C=O) groups is 2. The Kier molecular flexibility index (Phi) is 4.29. The summed E-state index contributed by atoms with van der Waals surface area (Å²) in [4.78, 5) is 30.5. The van der Waals surface area contributed by atoms with Gasteiger partial charge in [0.1, 0.15) is 5.75 Å². The van der Waals surface area contributed by atoms with Crippen LogP contribution in [0.5, 0.6) is 5.75 Å². The molecule has 2 fully saturated rings. The van der Waals surface area contributed by atoms with Crippen molar-refractivity contribution in [3.8, 4) is 28.8 Å². The van der Waals surface area contributed by atoms with Crippen molar-refractivity contribution in [2.75, 3.05) is 14.2 Å². The zero-order chi connectivity index (χ0) is 22.8. The molecule has 1 aliphatic carbocycles. The van der Waals surface area contributed by atoms with E-state index in [0.717, 1.165) is 5.56 Å². The van der Waals surface area contributed by atoms with Gasteiger partial charge in [0.2, 0.25) is 11.4 Å². The number of hydrogen-bond donors (Lipinski definition) is 2. The smallest absolute Gasteiger partial charge is 0.285 e. The number of imidazole rings is 1. The van der Waals surface area contributed by atoms with Crippen LogP contribution < -0.4 is 10.5 Å². The Balaban J connectivity index is 1.57. The molecular formula is C24H22N4O4. The van der Waals surface area contributed by atoms with Crippen LogP contribution in [0.1, 0.15) is 23.1 Å². The fraction of sp³-hybridized carbons (Fsp3) is 0.292. The van der Waals surface area contributed by atoms with Crippen LogP contribution in [0, 0.1) is 23.7 Å². The van der Waals surface area contributed by atoms with Crippen molar-refractivity contribution >= 4 is 17.3 Å². The number of likely N-dealkylation sites (N-methyl/N-ethyl adjacent to an activating group) is 1. The molecule has 3 heterocycles. The van der Waals surface area contributed by atoms with Gasteiger partial charge >= 0.3 is 0 Å². The van der Waals surface area contributed by atoms with E-state index in [2.05, 4.69) is 16.8 Å². The number of ether oxygens (including phenoxy) is 1. The van der Waals surface area contributed by atoms with Gasteiger partial charge in [-0.15, -0.1) is 0 Å². The predicted molar refractivity (Wildman–Crippen MR) is 117 cm³/mol. The van der Waals surface area contributed by atoms with Gasteiger partial charge in [-0.05, 0) is 24.1 Å². The summed E-state index contributed by atoms with van der Waals surface area (Å²) in [5.41, 5.74) is 6.39. The summed E-state index contributed by atoms with van der Waals surface area (Å²) in [5, 5.41) is 11.0. The number of amides is 2. The lowest BCUT2D eigenvalue weighted by atomic mass is 9.96. The molecule has 0 bridgehead atoms. The number of pyridine rings is 1. The number of likely N-dealkylation sites (tertiary alicyclic amines) is 1. The maximum absolute atomic E-state index is 12.5. The van der Waals surface area contributed by atoms with E-state index in [9.17, 15) is 14.7 Å². The summed E-state index contributed by atoms with van der Waals surface area (Å²) < 4.78 is 6.93. The largest absolute Gasteiger partial charge is 0.497 e. The SMILES string of the molecule is COc1ccn2c(C(N)=O)nc(-c3cccc(C#C[C@@]4(O)C(=O)N(C)[C@@H]5[C@H](C)[C@@H]54)c3)c2c1. The zero-order valence-corrected chi connectivity index (χ0v) is 17.9. The first kappa shape index (κ1) is 20.1. The molecule has 1 saturated heterocycles. The van der Waals surface area contributed by atoms with Crippen molar-refractivity contribution in [2.24, 2.45) is 17.6 Å². The minimum absolute atomic E-state index is 0.0484. The number of rotatable bonds is 3. The van der Waals surface area contributed by atoms with E-state index in [0.29, 0.717) is 22.5 Å². The average Bonchev–Trinajstić information content (AvgIpc) is 3.24. The maximum atomic E-state index is 12.5. The molecule has 2 aromatic heterocycles. The summed E-state index contributed by atoms with van der Waals surface area (Å²) >= 11 is 0. The number of aliphatic hydroxyl groups is 1. The molecule has 8 nitrogen and oxygen atoms in total. The number of hydrogen-bond acceptors (Lipinski definition) is 5. The molecule has 2 amide bonds. The van der Waals surface area contributed by atoms with Gasteiger partial charge in [0.05, 0.1) is 18.3 Å². The summed E-state index contributed by atoms with van der Waals surface area (Å²) in [6.45, 7) is 2.01. The molecule has 3 N–H and O–H groups in total. The number of primary amides is 1. The number of methoxy groups -OCH3 is 1. The minimum atomic E-state index is -1.66. The number of benzene rings is 1. The Hall–Kier alpha value is -3.83. The monoisotopic (exact) mass is 430 g/mol. The fourth-order valence-corrected chi connectivity index (χ4v) is 4.84. The van der Waals surface area contributed by atoms with Gasteiger partial charge in [-0.2, -0.15) is 0 Å². The van der Waals surface area contributed by atoms with Crippen molar-refractivity contribution in [3.63, 3.8) is 0 Å². The van der Waals surface area contributed by atoms with E-state index >= 15 is 0 Å². The Morgan fingerprint density at radius 3 is 2.78 bits per heavy atom. The molecule has 0 radical (unpaired) electrons.